The Kier molecular flexibility index (Phi) is 3.76. The predicted octanol–water partition coefficient (Wildman–Crippen LogP) is 4.31. The summed E-state index contributed by atoms with van der Waals surface area (Å²) in [6.45, 7) is 1.62. The van der Waals surface area contributed by atoms with Crippen LogP contribution in [0.4, 0.5) is 11.4 Å². The molecule has 0 heterocycles. The van der Waals surface area contributed by atoms with E-state index in [0.717, 1.165) is 10.8 Å². The normalized spacial score (nSPS) is 10.5. The van der Waals surface area contributed by atoms with Crippen LogP contribution in [0.15, 0.2) is 60.7 Å². The maximum Gasteiger partial charge on any atom is 0.285 e. The van der Waals surface area contributed by atoms with Crippen LogP contribution in [0.3, 0.4) is 0 Å². The fourth-order valence-electron chi connectivity index (χ4n) is 2.55. The molecule has 0 unspecified atom stereocenters. The highest BCUT2D eigenvalue weighted by Gasteiger charge is 2.22. The SMILES string of the molecule is Cc1cccc(C(=O)Nc2ccc3ccccc3c2)c1[N+](=O)[O-]. The van der Waals surface area contributed by atoms with Crippen molar-refractivity contribution in [3.8, 4) is 0 Å². The molecule has 1 amide bonds. The molecule has 23 heavy (non-hydrogen) atoms. The molecule has 3 rings (SSSR count). The Morgan fingerprint density at radius 2 is 1.74 bits per heavy atom. The molecule has 0 aromatic heterocycles. The molecule has 0 radical (unpaired) electrons. The molecule has 0 saturated carbocycles. The van der Waals surface area contributed by atoms with Gasteiger partial charge in [0.25, 0.3) is 11.6 Å². The number of carbonyl (C=O) groups excluding carboxylic acids is 1. The zero-order valence-electron chi connectivity index (χ0n) is 12.4. The maximum atomic E-state index is 12.4. The number of hydrogen-bond acceptors (Lipinski definition) is 3. The Morgan fingerprint density at radius 3 is 2.48 bits per heavy atom. The first kappa shape index (κ1) is 14.7. The van der Waals surface area contributed by atoms with Crippen molar-refractivity contribution in [3.05, 3.63) is 81.9 Å². The van der Waals surface area contributed by atoms with Gasteiger partial charge in [-0.15, -0.1) is 0 Å². The second kappa shape index (κ2) is 5.88. The summed E-state index contributed by atoms with van der Waals surface area (Å²) in [5.41, 5.74) is 0.958. The van der Waals surface area contributed by atoms with E-state index in [2.05, 4.69) is 5.32 Å². The summed E-state index contributed by atoms with van der Waals surface area (Å²) < 4.78 is 0. The second-order valence-corrected chi connectivity index (χ2v) is 5.24. The molecule has 5 nitrogen and oxygen atoms in total. The van der Waals surface area contributed by atoms with Crippen LogP contribution >= 0.6 is 0 Å². The highest BCUT2D eigenvalue weighted by atomic mass is 16.6. The monoisotopic (exact) mass is 306 g/mol. The van der Waals surface area contributed by atoms with Crippen molar-refractivity contribution in [1.29, 1.82) is 0 Å². The number of fused-ring (bicyclic) bond motifs is 1. The molecule has 3 aromatic carbocycles. The molecule has 0 atom stereocenters. The molecule has 0 aliphatic heterocycles. The summed E-state index contributed by atoms with van der Waals surface area (Å²) in [4.78, 5) is 23.1. The van der Waals surface area contributed by atoms with Crippen LogP contribution in [-0.2, 0) is 0 Å². The smallest absolute Gasteiger partial charge is 0.285 e. The largest absolute Gasteiger partial charge is 0.322 e. The van der Waals surface area contributed by atoms with Crippen molar-refractivity contribution in [2.45, 2.75) is 6.92 Å². The van der Waals surface area contributed by atoms with Gasteiger partial charge in [0, 0.05) is 11.3 Å². The first-order chi connectivity index (χ1) is 11.1. The average Bonchev–Trinajstić information content (AvgIpc) is 2.54. The van der Waals surface area contributed by atoms with Gasteiger partial charge in [0.15, 0.2) is 0 Å². The minimum absolute atomic E-state index is 0.0585. The highest BCUT2D eigenvalue weighted by molar-refractivity contribution is 6.08. The molecule has 3 aromatic rings. The number of para-hydroxylation sites is 1. The summed E-state index contributed by atoms with van der Waals surface area (Å²) in [6, 6.07) is 18.0. The van der Waals surface area contributed by atoms with Crippen molar-refractivity contribution in [1.82, 2.24) is 0 Å². The van der Waals surface area contributed by atoms with Gasteiger partial charge >= 0.3 is 0 Å². The minimum Gasteiger partial charge on any atom is -0.322 e. The lowest BCUT2D eigenvalue weighted by Gasteiger charge is -2.08. The molecule has 0 spiro atoms. The number of nitro benzene ring substituents is 1. The van der Waals surface area contributed by atoms with Gasteiger partial charge < -0.3 is 5.32 Å². The highest BCUT2D eigenvalue weighted by Crippen LogP contribution is 2.25. The van der Waals surface area contributed by atoms with E-state index in [-0.39, 0.29) is 11.3 Å². The Bertz CT molecular complexity index is 919. The molecule has 0 fully saturated rings. The Labute approximate surface area is 132 Å². The predicted molar refractivity (Wildman–Crippen MR) is 89.7 cm³/mol. The Morgan fingerprint density at radius 1 is 1.00 bits per heavy atom. The molecule has 0 saturated heterocycles. The molecule has 114 valence electrons. The van der Waals surface area contributed by atoms with Crippen LogP contribution in [0.5, 0.6) is 0 Å². The Hall–Kier alpha value is -3.21. The fourth-order valence-corrected chi connectivity index (χ4v) is 2.55. The van der Waals surface area contributed by atoms with Gasteiger partial charge in [0.1, 0.15) is 5.56 Å². The minimum atomic E-state index is -0.523. The number of benzene rings is 3. The third-order valence-corrected chi connectivity index (χ3v) is 3.67. The van der Waals surface area contributed by atoms with Gasteiger partial charge in [-0.3, -0.25) is 14.9 Å². The number of anilines is 1. The van der Waals surface area contributed by atoms with E-state index in [1.165, 1.54) is 6.07 Å². The number of amides is 1. The summed E-state index contributed by atoms with van der Waals surface area (Å²) in [5, 5.41) is 16.0. The first-order valence-corrected chi connectivity index (χ1v) is 7.10. The lowest BCUT2D eigenvalue weighted by atomic mass is 10.1. The number of rotatable bonds is 3. The average molecular weight is 306 g/mol. The molecular formula is C18H14N2O3. The molecule has 0 aliphatic carbocycles. The standard InChI is InChI=1S/C18H14N2O3/c1-12-5-4-8-16(17(12)20(22)23)18(21)19-15-10-9-13-6-2-3-7-14(13)11-15/h2-11H,1H3,(H,19,21). The van der Waals surface area contributed by atoms with Crippen LogP contribution in [0.2, 0.25) is 0 Å². The summed E-state index contributed by atoms with van der Waals surface area (Å²) in [6.07, 6.45) is 0. The third-order valence-electron chi connectivity index (χ3n) is 3.67. The van der Waals surface area contributed by atoms with Crippen molar-refractivity contribution < 1.29 is 9.72 Å². The summed E-state index contributed by atoms with van der Waals surface area (Å²) in [5.74, 6) is -0.490. The molecule has 5 heteroatoms. The van der Waals surface area contributed by atoms with Gasteiger partial charge in [-0.2, -0.15) is 0 Å². The second-order valence-electron chi connectivity index (χ2n) is 5.24. The van der Waals surface area contributed by atoms with E-state index in [9.17, 15) is 14.9 Å². The van der Waals surface area contributed by atoms with Crippen molar-refractivity contribution in [2.24, 2.45) is 0 Å². The first-order valence-electron chi connectivity index (χ1n) is 7.10. The van der Waals surface area contributed by atoms with E-state index in [1.54, 1.807) is 25.1 Å². The molecule has 1 N–H and O–H groups in total. The van der Waals surface area contributed by atoms with Crippen LogP contribution in [0.25, 0.3) is 10.8 Å². The number of hydrogen-bond donors (Lipinski definition) is 1. The van der Waals surface area contributed by atoms with Gasteiger partial charge in [-0.1, -0.05) is 42.5 Å². The zero-order chi connectivity index (χ0) is 16.4. The molecule has 0 bridgehead atoms. The number of nitro groups is 1. The van der Waals surface area contributed by atoms with Crippen molar-refractivity contribution >= 4 is 28.1 Å². The van der Waals surface area contributed by atoms with Gasteiger partial charge in [0.2, 0.25) is 0 Å². The maximum absolute atomic E-state index is 12.4. The number of aryl methyl sites for hydroxylation is 1. The number of carbonyl (C=O) groups is 1. The van der Waals surface area contributed by atoms with E-state index in [0.29, 0.717) is 11.3 Å². The van der Waals surface area contributed by atoms with E-state index in [1.807, 2.05) is 36.4 Å². The summed E-state index contributed by atoms with van der Waals surface area (Å²) >= 11 is 0. The van der Waals surface area contributed by atoms with Gasteiger partial charge in [0.05, 0.1) is 4.92 Å². The van der Waals surface area contributed by atoms with E-state index < -0.39 is 10.8 Å². The number of nitrogens with zero attached hydrogens (tertiary/aromatic N) is 1. The van der Waals surface area contributed by atoms with Crippen LogP contribution in [-0.4, -0.2) is 10.8 Å². The van der Waals surface area contributed by atoms with Gasteiger partial charge in [-0.05, 0) is 35.9 Å². The van der Waals surface area contributed by atoms with Crippen LogP contribution in [0.1, 0.15) is 15.9 Å². The molecular weight excluding hydrogens is 292 g/mol. The van der Waals surface area contributed by atoms with Crippen LogP contribution in [0, 0.1) is 17.0 Å². The number of nitrogens with one attached hydrogen (secondary N) is 1. The quantitative estimate of drug-likeness (QED) is 0.579. The Balaban J connectivity index is 1.95. The van der Waals surface area contributed by atoms with Crippen molar-refractivity contribution in [3.63, 3.8) is 0 Å². The van der Waals surface area contributed by atoms with E-state index in [4.69, 9.17) is 0 Å². The lowest BCUT2D eigenvalue weighted by molar-refractivity contribution is -0.385. The molecule has 0 aliphatic rings. The third kappa shape index (κ3) is 2.89. The lowest BCUT2D eigenvalue weighted by Crippen LogP contribution is -2.14. The fraction of sp³-hybridized carbons (Fsp3) is 0.0556. The van der Waals surface area contributed by atoms with Crippen molar-refractivity contribution in [2.75, 3.05) is 5.32 Å². The summed E-state index contributed by atoms with van der Waals surface area (Å²) in [7, 11) is 0. The topological polar surface area (TPSA) is 72.2 Å². The zero-order valence-corrected chi connectivity index (χ0v) is 12.4. The van der Waals surface area contributed by atoms with Gasteiger partial charge in [-0.25, -0.2) is 0 Å². The van der Waals surface area contributed by atoms with Crippen LogP contribution < -0.4 is 5.32 Å². The van der Waals surface area contributed by atoms with E-state index >= 15 is 0 Å².